The van der Waals surface area contributed by atoms with Crippen molar-refractivity contribution in [3.8, 4) is 0 Å². The Morgan fingerprint density at radius 1 is 1.08 bits per heavy atom. The molecule has 0 radical (unpaired) electrons. The predicted octanol–water partition coefficient (Wildman–Crippen LogP) is -1.44. The van der Waals surface area contributed by atoms with E-state index in [0.29, 0.717) is 0 Å². The van der Waals surface area contributed by atoms with Crippen molar-refractivity contribution in [1.82, 2.24) is 0 Å². The van der Waals surface area contributed by atoms with E-state index in [1.807, 2.05) is 0 Å². The molecule has 0 atom stereocenters. The van der Waals surface area contributed by atoms with Gasteiger partial charge in [0.25, 0.3) is 0 Å². The molecule has 2 N–H and O–H groups in total. The SMILES string of the molecule is CO[Si](O)(OC)OC.[O]=[W](=[O])[OH]. The van der Waals surface area contributed by atoms with Crippen molar-refractivity contribution in [3.63, 3.8) is 0 Å². The van der Waals surface area contributed by atoms with Crippen LogP contribution >= 0.6 is 0 Å². The second-order valence-corrected chi connectivity index (χ2v) is 5.19. The van der Waals surface area contributed by atoms with Gasteiger partial charge in [0.1, 0.15) is 0 Å². The van der Waals surface area contributed by atoms with Crippen molar-refractivity contribution >= 4 is 9.05 Å². The molecular weight excluding hydrogens is 360 g/mol. The summed E-state index contributed by atoms with van der Waals surface area (Å²) in [5, 5.41) is 0. The van der Waals surface area contributed by atoms with E-state index in [-0.39, 0.29) is 0 Å². The van der Waals surface area contributed by atoms with E-state index >= 15 is 0 Å². The fourth-order valence-electron chi connectivity index (χ4n) is 0.250. The summed E-state index contributed by atoms with van der Waals surface area (Å²) in [5.74, 6) is 0. The Labute approximate surface area is 77.0 Å². The summed E-state index contributed by atoms with van der Waals surface area (Å²) in [6.45, 7) is 0. The molecule has 0 saturated carbocycles. The summed E-state index contributed by atoms with van der Waals surface area (Å²) < 4.78 is 38.0. The normalized spacial score (nSPS) is 10.1. The second kappa shape index (κ2) is 7.93. The van der Waals surface area contributed by atoms with Gasteiger partial charge in [0, 0.05) is 21.3 Å². The second-order valence-electron chi connectivity index (χ2n) is 1.35. The number of hydrogen-bond acceptors (Lipinski definition) is 6. The van der Waals surface area contributed by atoms with Gasteiger partial charge in [0.2, 0.25) is 0 Å². The van der Waals surface area contributed by atoms with Crippen molar-refractivity contribution in [3.05, 3.63) is 0 Å². The molecule has 0 saturated heterocycles. The van der Waals surface area contributed by atoms with Gasteiger partial charge >= 0.3 is 37.2 Å². The molecule has 0 aromatic rings. The van der Waals surface area contributed by atoms with Crippen LogP contribution in [0.25, 0.3) is 0 Å². The van der Waals surface area contributed by atoms with Gasteiger partial charge in [-0.3, -0.25) is 0 Å². The van der Waals surface area contributed by atoms with Crippen molar-refractivity contribution < 1.29 is 46.2 Å². The Morgan fingerprint density at radius 2 is 1.25 bits per heavy atom. The van der Waals surface area contributed by atoms with Crippen LogP contribution in [-0.4, -0.2) is 38.9 Å². The van der Waals surface area contributed by atoms with Gasteiger partial charge in [-0.05, 0) is 0 Å². The molecule has 7 nitrogen and oxygen atoms in total. The molecular formula is C3H11O7SiW. The average molecular weight is 371 g/mol. The first-order valence-electron chi connectivity index (χ1n) is 2.58. The molecule has 0 aliphatic carbocycles. The van der Waals surface area contributed by atoms with E-state index in [2.05, 4.69) is 13.3 Å². The van der Waals surface area contributed by atoms with Crippen LogP contribution in [0.1, 0.15) is 0 Å². The van der Waals surface area contributed by atoms with Crippen LogP contribution in [0.3, 0.4) is 0 Å². The van der Waals surface area contributed by atoms with Crippen LogP contribution < -0.4 is 0 Å². The topological polar surface area (TPSA) is 102 Å². The molecule has 75 valence electrons. The first kappa shape index (κ1) is 14.8. The van der Waals surface area contributed by atoms with Crippen LogP contribution in [0.2, 0.25) is 0 Å². The zero-order valence-electron chi connectivity index (χ0n) is 6.84. The van der Waals surface area contributed by atoms with Crippen LogP contribution in [0, 0.1) is 0 Å². The van der Waals surface area contributed by atoms with Crippen LogP contribution in [0.5, 0.6) is 0 Å². The number of hydrogen-bond donors (Lipinski definition) is 2. The summed E-state index contributed by atoms with van der Waals surface area (Å²) >= 11 is -4.03. The van der Waals surface area contributed by atoms with Gasteiger partial charge in [-0.2, -0.15) is 0 Å². The quantitative estimate of drug-likeness (QED) is 0.586. The minimum absolute atomic E-state index is 1.33. The summed E-state index contributed by atoms with van der Waals surface area (Å²) in [6.07, 6.45) is 0. The Morgan fingerprint density at radius 3 is 1.25 bits per heavy atom. The maximum absolute atomic E-state index is 8.91. The molecule has 0 aliphatic heterocycles. The maximum atomic E-state index is 8.91. The van der Waals surface area contributed by atoms with E-state index < -0.39 is 26.7 Å². The Hall–Kier alpha value is 0.305. The Balaban J connectivity index is 0. The third kappa shape index (κ3) is 10.3. The van der Waals surface area contributed by atoms with Crippen molar-refractivity contribution in [2.45, 2.75) is 0 Å². The van der Waals surface area contributed by atoms with Crippen molar-refractivity contribution in [2.24, 2.45) is 0 Å². The van der Waals surface area contributed by atoms with E-state index in [4.69, 9.17) is 15.4 Å². The average Bonchev–Trinajstić information content (AvgIpc) is 2.02. The molecule has 0 bridgehead atoms. The van der Waals surface area contributed by atoms with Crippen LogP contribution in [0.4, 0.5) is 0 Å². The molecule has 0 amide bonds. The van der Waals surface area contributed by atoms with Gasteiger partial charge < -0.3 is 18.1 Å². The molecule has 0 aliphatic rings. The van der Waals surface area contributed by atoms with Gasteiger partial charge in [0.15, 0.2) is 0 Å². The monoisotopic (exact) mass is 371 g/mol. The fraction of sp³-hybridized carbons (Fsp3) is 1.00. The molecule has 9 heteroatoms. The molecule has 0 rings (SSSR count). The molecule has 0 unspecified atom stereocenters. The van der Waals surface area contributed by atoms with Gasteiger partial charge in [-0.1, -0.05) is 0 Å². The Kier molecular flexibility index (Phi) is 9.79. The first-order valence-corrected chi connectivity index (χ1v) is 7.96. The zero-order valence-corrected chi connectivity index (χ0v) is 10.8. The van der Waals surface area contributed by atoms with Gasteiger partial charge in [-0.25, -0.2) is 0 Å². The van der Waals surface area contributed by atoms with E-state index in [0.717, 1.165) is 0 Å². The summed E-state index contributed by atoms with van der Waals surface area (Å²) in [4.78, 5) is 8.91. The molecule has 0 aromatic heterocycles. The summed E-state index contributed by atoms with van der Waals surface area (Å²) in [5.41, 5.74) is 0. The zero-order chi connectivity index (χ0) is 10.2. The molecule has 0 heterocycles. The van der Waals surface area contributed by atoms with Gasteiger partial charge in [-0.15, -0.1) is 0 Å². The fourth-order valence-corrected chi connectivity index (χ4v) is 0.750. The van der Waals surface area contributed by atoms with E-state index in [1.54, 1.807) is 0 Å². The third-order valence-corrected chi connectivity index (χ3v) is 2.32. The first-order chi connectivity index (χ1) is 5.41. The molecule has 0 fully saturated rings. The van der Waals surface area contributed by atoms with Crippen molar-refractivity contribution in [1.29, 1.82) is 0 Å². The van der Waals surface area contributed by atoms with Crippen LogP contribution in [0.15, 0.2) is 0 Å². The Bertz CT molecular complexity index is 148. The third-order valence-electron chi connectivity index (χ3n) is 0.774. The minimum atomic E-state index is -4.03. The van der Waals surface area contributed by atoms with E-state index in [1.165, 1.54) is 21.3 Å². The predicted molar refractivity (Wildman–Crippen MR) is 32.6 cm³/mol. The molecule has 0 spiro atoms. The van der Waals surface area contributed by atoms with Gasteiger partial charge in [0.05, 0.1) is 0 Å². The molecule has 12 heavy (non-hydrogen) atoms. The summed E-state index contributed by atoms with van der Waals surface area (Å²) in [6, 6.07) is 0. The van der Waals surface area contributed by atoms with Crippen molar-refractivity contribution in [2.75, 3.05) is 21.3 Å². The van der Waals surface area contributed by atoms with E-state index in [9.17, 15) is 0 Å². The van der Waals surface area contributed by atoms with Crippen LogP contribution in [-0.2, 0) is 37.7 Å². The molecule has 0 aromatic carbocycles. The summed E-state index contributed by atoms with van der Waals surface area (Å²) in [7, 11) is 0.826. The standard InChI is InChI=1S/C3H10O4Si.H2O.2O.W/c1-5-8(4,6-2)7-3;;;;/h4H,1-3H3;1H2;;;/q;;;;+1/p-1. The number of rotatable bonds is 3.